The third-order valence-corrected chi connectivity index (χ3v) is 2.99. The second-order valence-electron chi connectivity index (χ2n) is 3.07. The van der Waals surface area contributed by atoms with Crippen molar-refractivity contribution in [1.29, 1.82) is 0 Å². The van der Waals surface area contributed by atoms with Crippen LogP contribution in [0.4, 0.5) is 5.69 Å². The molecule has 1 unspecified atom stereocenters. The molecule has 2 N–H and O–H groups in total. The lowest BCUT2D eigenvalue weighted by molar-refractivity contribution is 0.414. The zero-order chi connectivity index (χ0) is 13.3. The number of nitrogens with two attached hydrogens (primary N) is 1. The van der Waals surface area contributed by atoms with Gasteiger partial charge in [-0.2, -0.15) is 0 Å². The number of para-hydroxylation sites is 2. The highest BCUT2D eigenvalue weighted by Crippen LogP contribution is 2.18. The molecule has 1 aromatic carbocycles. The van der Waals surface area contributed by atoms with Crippen LogP contribution in [0.3, 0.4) is 0 Å². The largest absolute Gasteiger partial charge is 0.760 e. The van der Waals surface area contributed by atoms with Gasteiger partial charge in [0.05, 0.1) is 12.8 Å². The molecule has 0 aromatic heterocycles. The number of hydrogen-bond donors (Lipinski definition) is 1. The highest BCUT2D eigenvalue weighted by atomic mass is 32.2. The minimum atomic E-state index is -2.02. The number of rotatable bonds is 4. The van der Waals surface area contributed by atoms with E-state index in [1.54, 1.807) is 27.0 Å². The summed E-state index contributed by atoms with van der Waals surface area (Å²) in [7, 11) is 1.60. The van der Waals surface area contributed by atoms with Gasteiger partial charge in [-0.1, -0.05) is 26.0 Å². The van der Waals surface area contributed by atoms with E-state index in [9.17, 15) is 8.76 Å². The molecule has 1 rings (SSSR count). The summed E-state index contributed by atoms with van der Waals surface area (Å²) in [6.45, 7) is 4.73. The maximum atomic E-state index is 10.1. The first-order valence-corrected chi connectivity index (χ1v) is 6.32. The molecule has 0 saturated heterocycles. The van der Waals surface area contributed by atoms with Crippen molar-refractivity contribution in [2.24, 2.45) is 0 Å². The van der Waals surface area contributed by atoms with Crippen LogP contribution in [-0.2, 0) is 11.3 Å². The van der Waals surface area contributed by atoms with E-state index < -0.39 is 11.3 Å². The van der Waals surface area contributed by atoms with Crippen LogP contribution in [-0.4, -0.2) is 33.3 Å². The number of nitrogens with zero attached hydrogens (tertiary/aromatic N) is 1. The number of ether oxygens (including phenoxy) is 1. The highest BCUT2D eigenvalue weighted by Gasteiger charge is 1.94. The molecule has 0 aliphatic rings. The zero-order valence-corrected chi connectivity index (χ0v) is 11.2. The van der Waals surface area contributed by atoms with Gasteiger partial charge in [-0.15, -0.1) is 0 Å². The van der Waals surface area contributed by atoms with Gasteiger partial charge in [0.25, 0.3) is 0 Å². The molecule has 1 atom stereocenters. The lowest BCUT2D eigenvalue weighted by Gasteiger charge is -2.19. The molecule has 0 bridgehead atoms. The number of nitrogen functional groups attached to an aromatic ring is 1. The van der Waals surface area contributed by atoms with Crippen molar-refractivity contribution in [3.8, 4) is 5.75 Å². The van der Waals surface area contributed by atoms with E-state index in [0.29, 0.717) is 18.8 Å². The fraction of sp³-hybridized carbons (Fsp3) is 0.455. The van der Waals surface area contributed by atoms with E-state index in [-0.39, 0.29) is 0 Å². The summed E-state index contributed by atoms with van der Waals surface area (Å²) in [6, 6.07) is 7.39. The molecule has 5 nitrogen and oxygen atoms in total. The quantitative estimate of drug-likeness (QED) is 0.655. The molecule has 98 valence electrons. The summed E-state index contributed by atoms with van der Waals surface area (Å²) in [4.78, 5) is 0. The van der Waals surface area contributed by atoms with E-state index >= 15 is 0 Å². The third kappa shape index (κ3) is 6.25. The lowest BCUT2D eigenvalue weighted by atomic mass is 10.3. The molecular weight excluding hydrogens is 240 g/mol. The molecule has 0 saturated carbocycles. The van der Waals surface area contributed by atoms with Crippen molar-refractivity contribution in [2.45, 2.75) is 13.8 Å². The van der Waals surface area contributed by atoms with E-state index in [1.165, 1.54) is 4.31 Å². The van der Waals surface area contributed by atoms with Crippen molar-refractivity contribution in [3.05, 3.63) is 24.3 Å². The van der Waals surface area contributed by atoms with Crippen LogP contribution in [0.25, 0.3) is 0 Å². The fourth-order valence-corrected chi connectivity index (χ4v) is 1.52. The van der Waals surface area contributed by atoms with Gasteiger partial charge in [0.2, 0.25) is 0 Å². The minimum absolute atomic E-state index is 0.562. The monoisotopic (exact) mass is 259 g/mol. The average molecular weight is 259 g/mol. The van der Waals surface area contributed by atoms with Crippen LogP contribution < -0.4 is 10.5 Å². The van der Waals surface area contributed by atoms with Gasteiger partial charge in [-0.25, -0.2) is 4.31 Å². The first-order valence-electron chi connectivity index (χ1n) is 5.29. The molecule has 1 aromatic rings. The van der Waals surface area contributed by atoms with E-state index in [1.807, 2.05) is 18.2 Å². The molecule has 0 heterocycles. The molecule has 0 aliphatic carbocycles. The summed E-state index contributed by atoms with van der Waals surface area (Å²) < 4.78 is 26.4. The number of anilines is 1. The third-order valence-electron chi connectivity index (χ3n) is 2.06. The standard InChI is InChI=1S/C7H9NO.C4H11NO2S/c1-9-7-5-3-2-4-6(7)8;1-3-5(4-2)8(6)7/h2-5H,8H2,1H3;3-4H2,1-2H3,(H,6,7)/p-1. The van der Waals surface area contributed by atoms with Crippen LogP contribution in [0, 0.1) is 0 Å². The highest BCUT2D eigenvalue weighted by molar-refractivity contribution is 7.76. The van der Waals surface area contributed by atoms with Crippen molar-refractivity contribution < 1.29 is 13.5 Å². The van der Waals surface area contributed by atoms with Crippen molar-refractivity contribution in [1.82, 2.24) is 4.31 Å². The van der Waals surface area contributed by atoms with Gasteiger partial charge in [-0.05, 0) is 12.1 Å². The fourth-order valence-electron chi connectivity index (χ4n) is 1.10. The predicted octanol–water partition coefficient (Wildman–Crippen LogP) is 1.40. The Morgan fingerprint density at radius 3 is 2.12 bits per heavy atom. The first kappa shape index (κ1) is 15.9. The lowest BCUT2D eigenvalue weighted by Crippen LogP contribution is -2.24. The van der Waals surface area contributed by atoms with E-state index in [0.717, 1.165) is 5.75 Å². The normalized spacial score (nSPS) is 11.6. The van der Waals surface area contributed by atoms with Crippen molar-refractivity contribution >= 4 is 17.0 Å². The number of methoxy groups -OCH3 is 1. The summed E-state index contributed by atoms with van der Waals surface area (Å²) in [5.41, 5.74) is 6.19. The molecule has 0 spiro atoms. The second kappa shape index (κ2) is 8.98. The van der Waals surface area contributed by atoms with Gasteiger partial charge >= 0.3 is 0 Å². The Morgan fingerprint density at radius 2 is 1.88 bits per heavy atom. The zero-order valence-electron chi connectivity index (χ0n) is 10.4. The topological polar surface area (TPSA) is 78.6 Å². The number of benzene rings is 1. The Hall–Kier alpha value is -1.11. The molecule has 17 heavy (non-hydrogen) atoms. The summed E-state index contributed by atoms with van der Waals surface area (Å²) in [5, 5.41) is 0. The van der Waals surface area contributed by atoms with Crippen LogP contribution in [0.5, 0.6) is 5.75 Å². The van der Waals surface area contributed by atoms with Gasteiger partial charge in [-0.3, -0.25) is 4.21 Å². The van der Waals surface area contributed by atoms with Crippen LogP contribution >= 0.6 is 0 Å². The van der Waals surface area contributed by atoms with Gasteiger partial charge in [0.1, 0.15) is 5.75 Å². The van der Waals surface area contributed by atoms with Crippen LogP contribution in [0.2, 0.25) is 0 Å². The molecule has 0 fully saturated rings. The van der Waals surface area contributed by atoms with E-state index in [4.69, 9.17) is 10.5 Å². The van der Waals surface area contributed by atoms with Gasteiger partial charge in [0.15, 0.2) is 0 Å². The van der Waals surface area contributed by atoms with Crippen LogP contribution in [0.1, 0.15) is 13.8 Å². The number of hydrogen-bond acceptors (Lipinski definition) is 4. The van der Waals surface area contributed by atoms with Gasteiger partial charge in [0, 0.05) is 24.4 Å². The predicted molar refractivity (Wildman–Crippen MR) is 69.2 cm³/mol. The molecular formula is C11H19N2O3S-. The van der Waals surface area contributed by atoms with Crippen molar-refractivity contribution in [3.63, 3.8) is 0 Å². The maximum absolute atomic E-state index is 10.1. The minimum Gasteiger partial charge on any atom is -0.760 e. The van der Waals surface area contributed by atoms with Crippen molar-refractivity contribution in [2.75, 3.05) is 25.9 Å². The second-order valence-corrected chi connectivity index (χ2v) is 4.02. The summed E-state index contributed by atoms with van der Waals surface area (Å²) in [6.07, 6.45) is 0. The Labute approximate surface area is 105 Å². The molecule has 0 amide bonds. The average Bonchev–Trinajstić information content (AvgIpc) is 2.31. The van der Waals surface area contributed by atoms with Gasteiger partial charge < -0.3 is 15.0 Å². The summed E-state index contributed by atoms with van der Waals surface area (Å²) >= 11 is -2.02. The molecule has 0 radical (unpaired) electrons. The Balaban J connectivity index is 0.000000304. The Morgan fingerprint density at radius 1 is 1.35 bits per heavy atom. The molecule has 0 aliphatic heterocycles. The smallest absolute Gasteiger partial charge is 0.141 e. The maximum Gasteiger partial charge on any atom is 0.141 e. The Bertz CT molecular complexity index is 343. The summed E-state index contributed by atoms with van der Waals surface area (Å²) in [5.74, 6) is 0.734. The Kier molecular flexibility index (Phi) is 8.39. The SMILES string of the molecule is CCN(CC)S(=O)[O-].COc1ccccc1N. The first-order chi connectivity index (χ1) is 8.06. The van der Waals surface area contributed by atoms with Crippen LogP contribution in [0.15, 0.2) is 24.3 Å². The van der Waals surface area contributed by atoms with E-state index in [2.05, 4.69) is 0 Å². The molecule has 6 heteroatoms.